The molecule has 3 aromatic carbocycles. The van der Waals surface area contributed by atoms with Crippen LogP contribution in [0.5, 0.6) is 0 Å². The molecule has 0 atom stereocenters. The Bertz CT molecular complexity index is 1300. The van der Waals surface area contributed by atoms with Crippen molar-refractivity contribution in [3.05, 3.63) is 83.4 Å². The summed E-state index contributed by atoms with van der Waals surface area (Å²) in [5.41, 5.74) is 2.99. The smallest absolute Gasteiger partial charge is 0.264 e. The molecule has 6 nitrogen and oxygen atoms in total. The number of sulfonamides is 2. The minimum atomic E-state index is -3.90. The van der Waals surface area contributed by atoms with E-state index in [1.165, 1.54) is 24.5 Å². The minimum absolute atomic E-state index is 0.0606. The Kier molecular flexibility index (Phi) is 6.16. The van der Waals surface area contributed by atoms with E-state index in [0.717, 1.165) is 9.87 Å². The maximum Gasteiger partial charge on any atom is 0.264 e. The Hall–Kier alpha value is -2.84. The van der Waals surface area contributed by atoms with Gasteiger partial charge in [0.25, 0.3) is 20.0 Å². The lowest BCUT2D eigenvalue weighted by molar-refractivity contribution is 0.591. The fourth-order valence-electron chi connectivity index (χ4n) is 3.36. The van der Waals surface area contributed by atoms with Crippen molar-refractivity contribution in [2.24, 2.45) is 0 Å². The molecular formula is C23H26N2O4S2. The van der Waals surface area contributed by atoms with E-state index in [1.807, 2.05) is 13.0 Å². The summed E-state index contributed by atoms with van der Waals surface area (Å²) >= 11 is 0. The topological polar surface area (TPSA) is 74.8 Å². The number of hydrogen-bond donors (Lipinski definition) is 0. The third-order valence-electron chi connectivity index (χ3n) is 5.27. The number of para-hydroxylation sites is 1. The molecule has 3 aromatic rings. The zero-order valence-corrected chi connectivity index (χ0v) is 19.8. The van der Waals surface area contributed by atoms with E-state index in [-0.39, 0.29) is 9.79 Å². The quantitative estimate of drug-likeness (QED) is 0.553. The summed E-state index contributed by atoms with van der Waals surface area (Å²) in [6.07, 6.45) is 0. The van der Waals surface area contributed by atoms with Crippen LogP contribution in [0.4, 0.5) is 11.4 Å². The van der Waals surface area contributed by atoms with Crippen molar-refractivity contribution in [3.63, 3.8) is 0 Å². The highest BCUT2D eigenvalue weighted by Crippen LogP contribution is 2.32. The van der Waals surface area contributed by atoms with Gasteiger partial charge >= 0.3 is 0 Å². The summed E-state index contributed by atoms with van der Waals surface area (Å²) in [4.78, 5) is 0.205. The first-order chi connectivity index (χ1) is 14.5. The van der Waals surface area contributed by atoms with Gasteiger partial charge in [-0.1, -0.05) is 42.0 Å². The molecule has 0 N–H and O–H groups in total. The molecule has 0 amide bonds. The third kappa shape index (κ3) is 4.31. The van der Waals surface area contributed by atoms with Gasteiger partial charge < -0.3 is 0 Å². The van der Waals surface area contributed by atoms with Gasteiger partial charge in [0.05, 0.1) is 21.2 Å². The third-order valence-corrected chi connectivity index (χ3v) is 8.98. The fraction of sp³-hybridized carbons (Fsp3) is 0.217. The molecule has 31 heavy (non-hydrogen) atoms. The van der Waals surface area contributed by atoms with E-state index in [1.54, 1.807) is 68.4 Å². The van der Waals surface area contributed by atoms with Crippen molar-refractivity contribution in [2.45, 2.75) is 30.6 Å². The van der Waals surface area contributed by atoms with Gasteiger partial charge in [-0.05, 0) is 62.2 Å². The van der Waals surface area contributed by atoms with Crippen LogP contribution in [-0.2, 0) is 20.0 Å². The van der Waals surface area contributed by atoms with Crippen LogP contribution in [-0.4, -0.2) is 30.9 Å². The summed E-state index contributed by atoms with van der Waals surface area (Å²) < 4.78 is 55.4. The van der Waals surface area contributed by atoms with Crippen molar-refractivity contribution < 1.29 is 16.8 Å². The lowest BCUT2D eigenvalue weighted by Crippen LogP contribution is -2.29. The van der Waals surface area contributed by atoms with Gasteiger partial charge in [0, 0.05) is 14.1 Å². The van der Waals surface area contributed by atoms with E-state index in [0.29, 0.717) is 22.5 Å². The van der Waals surface area contributed by atoms with Crippen LogP contribution in [0.15, 0.2) is 76.5 Å². The molecule has 0 radical (unpaired) electrons. The van der Waals surface area contributed by atoms with E-state index in [2.05, 4.69) is 0 Å². The van der Waals surface area contributed by atoms with Crippen molar-refractivity contribution in [1.82, 2.24) is 0 Å². The van der Waals surface area contributed by atoms with Gasteiger partial charge in [-0.2, -0.15) is 0 Å². The second-order valence-electron chi connectivity index (χ2n) is 7.50. The van der Waals surface area contributed by atoms with E-state index < -0.39 is 20.0 Å². The highest BCUT2D eigenvalue weighted by atomic mass is 32.2. The number of rotatable bonds is 6. The van der Waals surface area contributed by atoms with Gasteiger partial charge in [0.15, 0.2) is 0 Å². The monoisotopic (exact) mass is 458 g/mol. The minimum Gasteiger partial charge on any atom is -0.269 e. The molecule has 8 heteroatoms. The maximum atomic E-state index is 13.4. The lowest BCUT2D eigenvalue weighted by atomic mass is 10.1. The Morgan fingerprint density at radius 2 is 1.23 bits per heavy atom. The largest absolute Gasteiger partial charge is 0.269 e. The SMILES string of the molecule is Cc1ccc(S(=O)(=O)N(C)c2cc(S(=O)(=O)N(C)c3ccccc3)c(C)cc2C)cc1. The first kappa shape index (κ1) is 22.8. The molecule has 0 saturated heterocycles. The van der Waals surface area contributed by atoms with Crippen molar-refractivity contribution in [2.75, 3.05) is 22.7 Å². The van der Waals surface area contributed by atoms with Crippen LogP contribution in [0.3, 0.4) is 0 Å². The van der Waals surface area contributed by atoms with Crippen molar-refractivity contribution in [1.29, 1.82) is 0 Å². The van der Waals surface area contributed by atoms with Crippen LogP contribution >= 0.6 is 0 Å². The lowest BCUT2D eigenvalue weighted by Gasteiger charge is -2.25. The molecule has 0 saturated carbocycles. The van der Waals surface area contributed by atoms with Crippen LogP contribution in [0.1, 0.15) is 16.7 Å². The average Bonchev–Trinajstić information content (AvgIpc) is 2.73. The molecule has 0 aliphatic carbocycles. The molecule has 0 fully saturated rings. The number of hydrogen-bond acceptors (Lipinski definition) is 4. The van der Waals surface area contributed by atoms with E-state index >= 15 is 0 Å². The highest BCUT2D eigenvalue weighted by Gasteiger charge is 2.28. The van der Waals surface area contributed by atoms with Crippen LogP contribution < -0.4 is 8.61 Å². The summed E-state index contributed by atoms with van der Waals surface area (Å²) in [5.74, 6) is 0. The normalized spacial score (nSPS) is 11.9. The predicted octanol–water partition coefficient (Wildman–Crippen LogP) is 4.26. The van der Waals surface area contributed by atoms with Crippen molar-refractivity contribution >= 4 is 31.4 Å². The summed E-state index contributed by atoms with van der Waals surface area (Å²) in [6.45, 7) is 5.35. The molecule has 3 rings (SSSR count). The molecule has 0 unspecified atom stereocenters. The van der Waals surface area contributed by atoms with Crippen LogP contribution in [0, 0.1) is 20.8 Å². The van der Waals surface area contributed by atoms with Crippen molar-refractivity contribution in [3.8, 4) is 0 Å². The predicted molar refractivity (Wildman–Crippen MR) is 125 cm³/mol. The molecule has 0 aromatic heterocycles. The zero-order chi connectivity index (χ0) is 23.0. The summed E-state index contributed by atoms with van der Waals surface area (Å²) in [7, 11) is -4.84. The Morgan fingerprint density at radius 1 is 0.645 bits per heavy atom. The fourth-order valence-corrected chi connectivity index (χ4v) is 6.03. The van der Waals surface area contributed by atoms with E-state index in [4.69, 9.17) is 0 Å². The Morgan fingerprint density at radius 3 is 1.81 bits per heavy atom. The first-order valence-electron chi connectivity index (χ1n) is 9.67. The van der Waals surface area contributed by atoms with Crippen LogP contribution in [0.2, 0.25) is 0 Å². The van der Waals surface area contributed by atoms with Gasteiger partial charge in [0.2, 0.25) is 0 Å². The Balaban J connectivity index is 2.10. The number of benzene rings is 3. The molecule has 0 heterocycles. The van der Waals surface area contributed by atoms with Gasteiger partial charge in [-0.25, -0.2) is 16.8 Å². The van der Waals surface area contributed by atoms with Crippen LogP contribution in [0.25, 0.3) is 0 Å². The van der Waals surface area contributed by atoms with Gasteiger partial charge in [-0.3, -0.25) is 8.61 Å². The summed E-state index contributed by atoms with van der Waals surface area (Å²) in [6, 6.07) is 18.4. The average molecular weight is 459 g/mol. The molecular weight excluding hydrogens is 432 g/mol. The maximum absolute atomic E-state index is 13.4. The number of nitrogens with zero attached hydrogens (tertiary/aromatic N) is 2. The number of anilines is 2. The zero-order valence-electron chi connectivity index (χ0n) is 18.2. The molecule has 0 aliphatic rings. The second-order valence-corrected chi connectivity index (χ2v) is 11.4. The number of aryl methyl sites for hydroxylation is 3. The molecule has 0 aliphatic heterocycles. The van der Waals surface area contributed by atoms with Gasteiger partial charge in [-0.15, -0.1) is 0 Å². The summed E-state index contributed by atoms with van der Waals surface area (Å²) in [5, 5.41) is 0. The second kappa shape index (κ2) is 8.36. The first-order valence-corrected chi connectivity index (χ1v) is 12.5. The van der Waals surface area contributed by atoms with E-state index in [9.17, 15) is 16.8 Å². The Labute approximate surface area is 184 Å². The van der Waals surface area contributed by atoms with Gasteiger partial charge in [0.1, 0.15) is 0 Å². The molecule has 0 spiro atoms. The highest BCUT2D eigenvalue weighted by molar-refractivity contribution is 7.93. The molecule has 164 valence electrons. The standard InChI is InChI=1S/C23H26N2O4S2/c1-17-11-13-21(14-12-17)30(26,27)25(5)22-16-23(19(3)15-18(22)2)31(28,29)24(4)20-9-7-6-8-10-20/h6-16H,1-5H3. The molecule has 0 bridgehead atoms.